The number of fused-ring (bicyclic) bond motifs is 2. The molecule has 3 heterocycles. The lowest BCUT2D eigenvalue weighted by molar-refractivity contribution is -0.108. The molecule has 0 bridgehead atoms. The molecule has 2 aromatic carbocycles. The number of aromatic nitrogens is 4. The third-order valence-corrected chi connectivity index (χ3v) is 5.98. The van der Waals surface area contributed by atoms with Crippen LogP contribution in [0.1, 0.15) is 32.0 Å². The quantitative estimate of drug-likeness (QED) is 0.300. The lowest BCUT2D eigenvalue weighted by Crippen LogP contribution is -2.31. The first-order chi connectivity index (χ1) is 16.7. The zero-order chi connectivity index (χ0) is 24.8. The molecule has 9 heteroatoms. The maximum absolute atomic E-state index is 14.9. The number of nitrogens with zero attached hydrogens (tertiary/aromatic N) is 4. The van der Waals surface area contributed by atoms with Gasteiger partial charge in [0.1, 0.15) is 11.3 Å². The van der Waals surface area contributed by atoms with Gasteiger partial charge in [0.2, 0.25) is 0 Å². The van der Waals surface area contributed by atoms with Crippen LogP contribution in [0.25, 0.3) is 22.0 Å². The maximum Gasteiger partial charge on any atom is 0.298 e. The number of pyridine rings is 1. The average Bonchev–Trinajstić information content (AvgIpc) is 3.41. The van der Waals surface area contributed by atoms with Crippen molar-refractivity contribution in [3.05, 3.63) is 72.1 Å². The van der Waals surface area contributed by atoms with E-state index in [-0.39, 0.29) is 16.7 Å². The molecule has 0 amide bonds. The predicted octanol–water partition coefficient (Wildman–Crippen LogP) is 6.51. The van der Waals surface area contributed by atoms with Crippen LogP contribution in [-0.2, 0) is 12.5 Å². The van der Waals surface area contributed by atoms with Crippen molar-refractivity contribution in [1.82, 2.24) is 19.9 Å². The number of anilines is 2. The van der Waals surface area contributed by atoms with Crippen LogP contribution in [0, 0.1) is 5.41 Å². The lowest BCUT2D eigenvalue weighted by Gasteiger charge is -2.28. The van der Waals surface area contributed by atoms with Crippen molar-refractivity contribution < 1.29 is 18.0 Å². The summed E-state index contributed by atoms with van der Waals surface area (Å²) in [5, 5.41) is 12.0. The van der Waals surface area contributed by atoms with Gasteiger partial charge in [-0.15, -0.1) is 0 Å². The fourth-order valence-corrected chi connectivity index (χ4v) is 3.85. The third-order valence-electron chi connectivity index (χ3n) is 5.98. The molecule has 0 aliphatic carbocycles. The van der Waals surface area contributed by atoms with Crippen LogP contribution in [-0.4, -0.2) is 27.0 Å². The SMILES string of the molecule is COc1ccc(Cn2nc(Nc3ccc4c(C(F)(F)C(C)(C)C)noc4c3)c3ncccc32)cc1. The fraction of sp³-hybridized carbons (Fsp3) is 0.269. The van der Waals surface area contributed by atoms with Crippen molar-refractivity contribution in [3.63, 3.8) is 0 Å². The van der Waals surface area contributed by atoms with Crippen molar-refractivity contribution in [2.45, 2.75) is 33.2 Å². The number of nitrogens with one attached hydrogen (secondary N) is 1. The molecule has 7 nitrogen and oxygen atoms in total. The van der Waals surface area contributed by atoms with E-state index in [1.807, 2.05) is 41.1 Å². The van der Waals surface area contributed by atoms with Crippen LogP contribution in [0.2, 0.25) is 0 Å². The van der Waals surface area contributed by atoms with Crippen molar-refractivity contribution in [3.8, 4) is 5.75 Å². The van der Waals surface area contributed by atoms with Crippen molar-refractivity contribution >= 4 is 33.5 Å². The molecule has 0 radical (unpaired) electrons. The summed E-state index contributed by atoms with van der Waals surface area (Å²) in [6, 6.07) is 16.5. The number of hydrogen-bond donors (Lipinski definition) is 1. The predicted molar refractivity (Wildman–Crippen MR) is 130 cm³/mol. The Morgan fingerprint density at radius 3 is 2.54 bits per heavy atom. The van der Waals surface area contributed by atoms with E-state index in [1.54, 1.807) is 31.5 Å². The van der Waals surface area contributed by atoms with Gasteiger partial charge in [-0.05, 0) is 42.0 Å². The summed E-state index contributed by atoms with van der Waals surface area (Å²) in [5.41, 5.74) is 1.85. The second-order valence-corrected chi connectivity index (χ2v) is 9.42. The molecule has 5 aromatic rings. The highest BCUT2D eigenvalue weighted by Crippen LogP contribution is 2.46. The summed E-state index contributed by atoms with van der Waals surface area (Å²) in [6.07, 6.45) is 1.70. The Bertz CT molecular complexity index is 1500. The summed E-state index contributed by atoms with van der Waals surface area (Å²) in [5.74, 6) is -1.81. The van der Waals surface area contributed by atoms with Crippen LogP contribution in [0.15, 0.2) is 65.3 Å². The molecule has 0 saturated heterocycles. The largest absolute Gasteiger partial charge is 0.497 e. The van der Waals surface area contributed by atoms with E-state index in [0.717, 1.165) is 16.8 Å². The Morgan fingerprint density at radius 2 is 1.83 bits per heavy atom. The minimum atomic E-state index is -3.15. The molecule has 1 N–H and O–H groups in total. The van der Waals surface area contributed by atoms with Crippen LogP contribution in [0.4, 0.5) is 20.3 Å². The number of halogens is 2. The monoisotopic (exact) mass is 477 g/mol. The summed E-state index contributed by atoms with van der Waals surface area (Å²) in [4.78, 5) is 4.49. The number of rotatable bonds is 6. The van der Waals surface area contributed by atoms with E-state index in [1.165, 1.54) is 20.8 Å². The highest BCUT2D eigenvalue weighted by Gasteiger charge is 2.48. The Balaban J connectivity index is 1.47. The highest BCUT2D eigenvalue weighted by atomic mass is 19.3. The molecule has 5 rings (SSSR count). The molecule has 0 aliphatic rings. The normalized spacial score (nSPS) is 12.4. The first-order valence-corrected chi connectivity index (χ1v) is 11.2. The Kier molecular flexibility index (Phi) is 5.42. The van der Waals surface area contributed by atoms with E-state index in [2.05, 4.69) is 15.5 Å². The second-order valence-electron chi connectivity index (χ2n) is 9.42. The van der Waals surface area contributed by atoms with Crippen LogP contribution >= 0.6 is 0 Å². The summed E-state index contributed by atoms with van der Waals surface area (Å²) >= 11 is 0. The topological polar surface area (TPSA) is 78.0 Å². The Hall–Kier alpha value is -4.01. The molecule has 0 fully saturated rings. The van der Waals surface area contributed by atoms with E-state index in [4.69, 9.17) is 14.4 Å². The molecule has 0 atom stereocenters. The van der Waals surface area contributed by atoms with Crippen LogP contribution in [0.3, 0.4) is 0 Å². The van der Waals surface area contributed by atoms with E-state index < -0.39 is 11.3 Å². The number of alkyl halides is 2. The number of methoxy groups -OCH3 is 1. The number of benzene rings is 2. The van der Waals surface area contributed by atoms with Gasteiger partial charge in [-0.3, -0.25) is 9.67 Å². The molecule has 0 unspecified atom stereocenters. The van der Waals surface area contributed by atoms with Gasteiger partial charge in [-0.2, -0.15) is 13.9 Å². The molecule has 0 saturated carbocycles. The first kappa shape index (κ1) is 22.8. The summed E-state index contributed by atoms with van der Waals surface area (Å²) in [6.45, 7) is 4.97. The van der Waals surface area contributed by atoms with Crippen LogP contribution in [0.5, 0.6) is 5.75 Å². The highest BCUT2D eigenvalue weighted by molar-refractivity contribution is 5.90. The van der Waals surface area contributed by atoms with Crippen molar-refractivity contribution in [1.29, 1.82) is 0 Å². The first-order valence-electron chi connectivity index (χ1n) is 11.2. The van der Waals surface area contributed by atoms with Gasteiger partial charge < -0.3 is 14.6 Å². The van der Waals surface area contributed by atoms with Gasteiger partial charge in [0, 0.05) is 23.4 Å². The minimum Gasteiger partial charge on any atom is -0.497 e. The average molecular weight is 478 g/mol. The van der Waals surface area contributed by atoms with Gasteiger partial charge in [-0.25, -0.2) is 0 Å². The van der Waals surface area contributed by atoms with E-state index in [0.29, 0.717) is 23.6 Å². The van der Waals surface area contributed by atoms with E-state index >= 15 is 0 Å². The zero-order valence-corrected chi connectivity index (χ0v) is 19.8. The summed E-state index contributed by atoms with van der Waals surface area (Å²) in [7, 11) is 1.63. The molecular weight excluding hydrogens is 452 g/mol. The van der Waals surface area contributed by atoms with Crippen molar-refractivity contribution in [2.75, 3.05) is 12.4 Å². The van der Waals surface area contributed by atoms with Gasteiger partial charge in [0.25, 0.3) is 5.92 Å². The molecule has 180 valence electrons. The zero-order valence-electron chi connectivity index (χ0n) is 19.8. The van der Waals surface area contributed by atoms with Gasteiger partial charge in [-0.1, -0.05) is 38.1 Å². The lowest BCUT2D eigenvalue weighted by atomic mass is 9.85. The molecule has 0 spiro atoms. The van der Waals surface area contributed by atoms with Crippen molar-refractivity contribution in [2.24, 2.45) is 5.41 Å². The molecule has 35 heavy (non-hydrogen) atoms. The minimum absolute atomic E-state index is 0.267. The molecular formula is C26H25F2N5O2. The van der Waals surface area contributed by atoms with E-state index in [9.17, 15) is 8.78 Å². The summed E-state index contributed by atoms with van der Waals surface area (Å²) < 4.78 is 42.2. The number of ether oxygens (including phenoxy) is 1. The third kappa shape index (κ3) is 4.07. The Morgan fingerprint density at radius 1 is 1.06 bits per heavy atom. The van der Waals surface area contributed by atoms with Gasteiger partial charge in [0.15, 0.2) is 17.1 Å². The number of hydrogen-bond acceptors (Lipinski definition) is 6. The Labute approximate surface area is 200 Å². The smallest absolute Gasteiger partial charge is 0.298 e. The van der Waals surface area contributed by atoms with Crippen LogP contribution < -0.4 is 10.1 Å². The second kappa shape index (κ2) is 8.33. The van der Waals surface area contributed by atoms with Gasteiger partial charge in [0.05, 0.1) is 24.6 Å². The standard InChI is InChI=1S/C26H25F2N5O2/c1-25(2,3)26(27,28)23-19-12-9-17(14-21(19)35-32-23)30-24-22-20(6-5-13-29-22)33(31-24)15-16-7-10-18(34-4)11-8-16/h5-14H,15H2,1-4H3,(H,30,31). The maximum atomic E-state index is 14.9. The fourth-order valence-electron chi connectivity index (χ4n) is 3.85. The molecule has 3 aromatic heterocycles. The molecule has 0 aliphatic heterocycles. The van der Waals surface area contributed by atoms with Gasteiger partial charge >= 0.3 is 0 Å².